The fourth-order valence-corrected chi connectivity index (χ4v) is 2.50. The van der Waals surface area contributed by atoms with Crippen molar-refractivity contribution >= 4 is 11.6 Å². The molecule has 2 aromatic heterocycles. The standard InChI is InChI=1S/C21H20N4O2/c22-17(13-19(26)18-4-3-11-25-21(18)23)12-15-6-8-16(9-7-15)14-27-20-5-1-2-10-24-20/h1-11,13H,12,14,22H2,(H2,23,25). The predicted octanol–water partition coefficient (Wildman–Crippen LogP) is 2.91. The number of pyridine rings is 2. The summed E-state index contributed by atoms with van der Waals surface area (Å²) in [7, 11) is 0. The van der Waals surface area contributed by atoms with Crippen LogP contribution in [0.2, 0.25) is 0 Å². The van der Waals surface area contributed by atoms with Gasteiger partial charge in [0.15, 0.2) is 5.78 Å². The molecule has 0 unspecified atom stereocenters. The highest BCUT2D eigenvalue weighted by molar-refractivity contribution is 6.07. The molecule has 27 heavy (non-hydrogen) atoms. The van der Waals surface area contributed by atoms with Gasteiger partial charge in [0.2, 0.25) is 5.88 Å². The van der Waals surface area contributed by atoms with Crippen molar-refractivity contribution in [1.82, 2.24) is 9.97 Å². The van der Waals surface area contributed by atoms with E-state index < -0.39 is 0 Å². The number of anilines is 1. The van der Waals surface area contributed by atoms with Gasteiger partial charge in [-0.1, -0.05) is 30.3 Å². The Morgan fingerprint density at radius 2 is 1.70 bits per heavy atom. The zero-order valence-corrected chi connectivity index (χ0v) is 14.7. The molecule has 0 spiro atoms. The van der Waals surface area contributed by atoms with Gasteiger partial charge in [-0.05, 0) is 29.3 Å². The fraction of sp³-hybridized carbons (Fsp3) is 0.0952. The number of rotatable bonds is 7. The summed E-state index contributed by atoms with van der Waals surface area (Å²) in [5.74, 6) is 0.532. The average molecular weight is 360 g/mol. The van der Waals surface area contributed by atoms with Crippen molar-refractivity contribution in [2.24, 2.45) is 5.73 Å². The SMILES string of the molecule is NC(=CC(=O)c1cccnc1N)Cc1ccc(COc2ccccn2)cc1. The van der Waals surface area contributed by atoms with Crippen molar-refractivity contribution in [3.8, 4) is 5.88 Å². The lowest BCUT2D eigenvalue weighted by molar-refractivity contribution is 0.104. The summed E-state index contributed by atoms with van der Waals surface area (Å²) in [6, 6.07) is 16.7. The van der Waals surface area contributed by atoms with Crippen LogP contribution in [0.3, 0.4) is 0 Å². The molecule has 0 saturated carbocycles. The molecule has 1 aromatic carbocycles. The van der Waals surface area contributed by atoms with Crippen LogP contribution in [-0.4, -0.2) is 15.8 Å². The first-order valence-corrected chi connectivity index (χ1v) is 8.44. The molecule has 0 fully saturated rings. The number of hydrogen-bond donors (Lipinski definition) is 2. The first-order valence-electron chi connectivity index (χ1n) is 8.44. The van der Waals surface area contributed by atoms with Crippen LogP contribution in [0.5, 0.6) is 5.88 Å². The number of ether oxygens (including phenoxy) is 1. The van der Waals surface area contributed by atoms with E-state index in [0.29, 0.717) is 30.2 Å². The minimum atomic E-state index is -0.251. The van der Waals surface area contributed by atoms with Crippen LogP contribution in [0, 0.1) is 0 Å². The fourth-order valence-electron chi connectivity index (χ4n) is 2.50. The van der Waals surface area contributed by atoms with Crippen molar-refractivity contribution in [2.45, 2.75) is 13.0 Å². The van der Waals surface area contributed by atoms with Crippen molar-refractivity contribution in [3.05, 3.63) is 95.5 Å². The minimum Gasteiger partial charge on any atom is -0.473 e. The summed E-state index contributed by atoms with van der Waals surface area (Å²) in [4.78, 5) is 20.3. The van der Waals surface area contributed by atoms with Crippen molar-refractivity contribution in [1.29, 1.82) is 0 Å². The Balaban J connectivity index is 1.59. The summed E-state index contributed by atoms with van der Waals surface area (Å²) >= 11 is 0. The topological polar surface area (TPSA) is 104 Å². The van der Waals surface area contributed by atoms with E-state index >= 15 is 0 Å². The quantitative estimate of drug-likeness (QED) is 0.496. The second kappa shape index (κ2) is 8.62. The lowest BCUT2D eigenvalue weighted by atomic mass is 10.1. The van der Waals surface area contributed by atoms with E-state index in [1.165, 1.54) is 12.3 Å². The van der Waals surface area contributed by atoms with Gasteiger partial charge in [0, 0.05) is 36.7 Å². The second-order valence-corrected chi connectivity index (χ2v) is 5.97. The van der Waals surface area contributed by atoms with Crippen LogP contribution >= 0.6 is 0 Å². The van der Waals surface area contributed by atoms with Gasteiger partial charge < -0.3 is 16.2 Å². The third-order valence-electron chi connectivity index (χ3n) is 3.88. The summed E-state index contributed by atoms with van der Waals surface area (Å²) in [5, 5.41) is 0. The highest BCUT2D eigenvalue weighted by atomic mass is 16.5. The number of benzene rings is 1. The summed E-state index contributed by atoms with van der Waals surface area (Å²) < 4.78 is 5.62. The van der Waals surface area contributed by atoms with Crippen LogP contribution in [0.4, 0.5) is 5.82 Å². The van der Waals surface area contributed by atoms with E-state index in [0.717, 1.165) is 11.1 Å². The van der Waals surface area contributed by atoms with Crippen LogP contribution in [0.1, 0.15) is 21.5 Å². The first-order chi connectivity index (χ1) is 13.1. The molecule has 0 bridgehead atoms. The molecule has 0 saturated heterocycles. The molecule has 6 heteroatoms. The normalized spacial score (nSPS) is 11.2. The van der Waals surface area contributed by atoms with E-state index in [1.54, 1.807) is 18.3 Å². The molecule has 0 aliphatic rings. The molecule has 2 heterocycles. The maximum Gasteiger partial charge on any atom is 0.213 e. The average Bonchev–Trinajstić information content (AvgIpc) is 2.68. The summed E-state index contributed by atoms with van der Waals surface area (Å²) in [5.41, 5.74) is 14.6. The van der Waals surface area contributed by atoms with Gasteiger partial charge >= 0.3 is 0 Å². The number of ketones is 1. The van der Waals surface area contributed by atoms with E-state index in [9.17, 15) is 4.79 Å². The molecule has 0 atom stereocenters. The van der Waals surface area contributed by atoms with E-state index in [1.807, 2.05) is 42.5 Å². The van der Waals surface area contributed by atoms with Crippen LogP contribution in [-0.2, 0) is 13.0 Å². The van der Waals surface area contributed by atoms with Crippen LogP contribution in [0.25, 0.3) is 0 Å². The molecule has 6 nitrogen and oxygen atoms in total. The summed E-state index contributed by atoms with van der Waals surface area (Å²) in [6.07, 6.45) is 5.09. The Labute approximate surface area is 157 Å². The molecule has 0 aliphatic heterocycles. The minimum absolute atomic E-state index is 0.198. The number of nitrogen functional groups attached to an aromatic ring is 1. The van der Waals surface area contributed by atoms with Crippen LogP contribution < -0.4 is 16.2 Å². The molecule has 136 valence electrons. The van der Waals surface area contributed by atoms with E-state index in [2.05, 4.69) is 9.97 Å². The van der Waals surface area contributed by atoms with Crippen molar-refractivity contribution in [3.63, 3.8) is 0 Å². The Hall–Kier alpha value is -3.67. The number of carbonyl (C=O) groups excluding carboxylic acids is 1. The molecule has 0 aliphatic carbocycles. The number of hydrogen-bond acceptors (Lipinski definition) is 6. The van der Waals surface area contributed by atoms with Gasteiger partial charge in [0.25, 0.3) is 0 Å². The lowest BCUT2D eigenvalue weighted by Crippen LogP contribution is -2.08. The van der Waals surface area contributed by atoms with Gasteiger partial charge in [-0.2, -0.15) is 0 Å². The maximum absolute atomic E-state index is 12.2. The first kappa shape index (κ1) is 18.1. The third kappa shape index (κ3) is 5.15. The van der Waals surface area contributed by atoms with Gasteiger partial charge in [-0.25, -0.2) is 9.97 Å². The lowest BCUT2D eigenvalue weighted by Gasteiger charge is -2.07. The molecule has 4 N–H and O–H groups in total. The zero-order chi connectivity index (χ0) is 19.1. The number of nitrogens with zero attached hydrogens (tertiary/aromatic N) is 2. The van der Waals surface area contributed by atoms with Gasteiger partial charge in [-0.15, -0.1) is 0 Å². The second-order valence-electron chi connectivity index (χ2n) is 5.97. The zero-order valence-electron chi connectivity index (χ0n) is 14.7. The molecular formula is C21H20N4O2. The highest BCUT2D eigenvalue weighted by Crippen LogP contribution is 2.13. The number of nitrogens with two attached hydrogens (primary N) is 2. The molecule has 0 radical (unpaired) electrons. The smallest absolute Gasteiger partial charge is 0.213 e. The summed E-state index contributed by atoms with van der Waals surface area (Å²) in [6.45, 7) is 0.432. The monoisotopic (exact) mass is 360 g/mol. The largest absolute Gasteiger partial charge is 0.473 e. The number of carbonyl (C=O) groups is 1. The Kier molecular flexibility index (Phi) is 5.79. The number of aromatic nitrogens is 2. The van der Waals surface area contributed by atoms with E-state index in [-0.39, 0.29) is 11.6 Å². The number of allylic oxidation sites excluding steroid dienone is 2. The van der Waals surface area contributed by atoms with Gasteiger partial charge in [-0.3, -0.25) is 4.79 Å². The Bertz CT molecular complexity index is 938. The van der Waals surface area contributed by atoms with E-state index in [4.69, 9.17) is 16.2 Å². The molecule has 3 aromatic rings. The molecule has 3 rings (SSSR count). The molecule has 0 amide bonds. The predicted molar refractivity (Wildman–Crippen MR) is 104 cm³/mol. The van der Waals surface area contributed by atoms with Gasteiger partial charge in [0.1, 0.15) is 12.4 Å². The Morgan fingerprint density at radius 3 is 2.41 bits per heavy atom. The van der Waals surface area contributed by atoms with Crippen molar-refractivity contribution in [2.75, 3.05) is 5.73 Å². The maximum atomic E-state index is 12.2. The Morgan fingerprint density at radius 1 is 0.963 bits per heavy atom. The third-order valence-corrected chi connectivity index (χ3v) is 3.88. The molecular weight excluding hydrogens is 340 g/mol. The van der Waals surface area contributed by atoms with Crippen molar-refractivity contribution < 1.29 is 9.53 Å². The van der Waals surface area contributed by atoms with Gasteiger partial charge in [0.05, 0.1) is 5.56 Å². The van der Waals surface area contributed by atoms with Crippen LogP contribution in [0.15, 0.2) is 78.8 Å². The highest BCUT2D eigenvalue weighted by Gasteiger charge is 2.08.